The summed E-state index contributed by atoms with van der Waals surface area (Å²) in [4.78, 5) is 16.6. The second kappa shape index (κ2) is 5.82. The summed E-state index contributed by atoms with van der Waals surface area (Å²) < 4.78 is 0.820. The van der Waals surface area contributed by atoms with Crippen LogP contribution in [0.3, 0.4) is 0 Å². The van der Waals surface area contributed by atoms with Crippen LogP contribution in [0.25, 0.3) is 0 Å². The highest BCUT2D eigenvalue weighted by atomic mass is 79.9. The second-order valence-corrected chi connectivity index (χ2v) is 6.68. The molecule has 1 aromatic rings. The van der Waals surface area contributed by atoms with Gasteiger partial charge in [-0.3, -0.25) is 4.79 Å². The fraction of sp³-hybridized carbons (Fsp3) is 0.600. The summed E-state index contributed by atoms with van der Waals surface area (Å²) >= 11 is 3.37. The Balaban J connectivity index is 1.63. The SMILES string of the molecule is Cc1cc(NC(=O)C2CC3CCCCC3N2)cnc1Br. The van der Waals surface area contributed by atoms with E-state index in [2.05, 4.69) is 31.5 Å². The molecule has 3 rings (SSSR count). The van der Waals surface area contributed by atoms with Gasteiger partial charge in [0.05, 0.1) is 17.9 Å². The monoisotopic (exact) mass is 337 g/mol. The third-order valence-electron chi connectivity index (χ3n) is 4.46. The van der Waals surface area contributed by atoms with Crippen LogP contribution in [-0.2, 0) is 4.79 Å². The van der Waals surface area contributed by atoms with E-state index in [1.165, 1.54) is 25.7 Å². The van der Waals surface area contributed by atoms with Crippen molar-refractivity contribution in [2.45, 2.75) is 51.1 Å². The molecule has 20 heavy (non-hydrogen) atoms. The molecule has 2 aliphatic rings. The van der Waals surface area contributed by atoms with E-state index in [1.54, 1.807) is 6.20 Å². The minimum absolute atomic E-state index is 0.0490. The lowest BCUT2D eigenvalue weighted by molar-refractivity contribution is -0.117. The molecule has 108 valence electrons. The van der Waals surface area contributed by atoms with Crippen LogP contribution >= 0.6 is 15.9 Å². The summed E-state index contributed by atoms with van der Waals surface area (Å²) in [6, 6.07) is 2.44. The lowest BCUT2D eigenvalue weighted by Crippen LogP contribution is -2.39. The van der Waals surface area contributed by atoms with E-state index in [9.17, 15) is 4.79 Å². The molecule has 5 heteroatoms. The van der Waals surface area contributed by atoms with E-state index < -0.39 is 0 Å². The largest absolute Gasteiger partial charge is 0.323 e. The molecule has 0 radical (unpaired) electrons. The Kier molecular flexibility index (Phi) is 4.08. The van der Waals surface area contributed by atoms with Gasteiger partial charge in [-0.05, 0) is 59.7 Å². The molecule has 2 N–H and O–H groups in total. The standard InChI is InChI=1S/C15H20BrN3O/c1-9-6-11(8-17-14(9)16)18-15(20)13-7-10-4-2-3-5-12(10)19-13/h6,8,10,12-13,19H,2-5,7H2,1H3,(H,18,20). The highest BCUT2D eigenvalue weighted by molar-refractivity contribution is 9.10. The molecule has 2 fully saturated rings. The zero-order chi connectivity index (χ0) is 14.1. The molecule has 2 heterocycles. The van der Waals surface area contributed by atoms with E-state index in [1.807, 2.05) is 13.0 Å². The first-order valence-corrected chi connectivity index (χ1v) is 8.12. The number of carbonyl (C=O) groups excluding carboxylic acids is 1. The van der Waals surface area contributed by atoms with Crippen molar-refractivity contribution in [1.29, 1.82) is 0 Å². The summed E-state index contributed by atoms with van der Waals surface area (Å²) in [7, 11) is 0. The Morgan fingerprint density at radius 1 is 1.45 bits per heavy atom. The topological polar surface area (TPSA) is 54.0 Å². The fourth-order valence-corrected chi connectivity index (χ4v) is 3.59. The first-order valence-electron chi connectivity index (χ1n) is 7.32. The normalized spacial score (nSPS) is 29.0. The summed E-state index contributed by atoms with van der Waals surface area (Å²) in [5.41, 5.74) is 1.79. The summed E-state index contributed by atoms with van der Waals surface area (Å²) in [6.45, 7) is 1.97. The first kappa shape index (κ1) is 14.0. The van der Waals surface area contributed by atoms with Gasteiger partial charge in [0.2, 0.25) is 5.91 Å². The maximum absolute atomic E-state index is 12.3. The van der Waals surface area contributed by atoms with E-state index in [0.29, 0.717) is 12.0 Å². The van der Waals surface area contributed by atoms with E-state index >= 15 is 0 Å². The van der Waals surface area contributed by atoms with Gasteiger partial charge in [-0.1, -0.05) is 12.8 Å². The number of nitrogens with one attached hydrogen (secondary N) is 2. The van der Waals surface area contributed by atoms with Crippen molar-refractivity contribution in [3.05, 3.63) is 22.4 Å². The average Bonchev–Trinajstić information content (AvgIpc) is 2.87. The van der Waals surface area contributed by atoms with Crippen LogP contribution in [0.5, 0.6) is 0 Å². The molecule has 0 aromatic carbocycles. The predicted octanol–water partition coefficient (Wildman–Crippen LogP) is 3.01. The van der Waals surface area contributed by atoms with Gasteiger partial charge in [-0.15, -0.1) is 0 Å². The minimum atomic E-state index is -0.0490. The minimum Gasteiger partial charge on any atom is -0.323 e. The van der Waals surface area contributed by atoms with Gasteiger partial charge in [-0.25, -0.2) is 4.98 Å². The number of aromatic nitrogens is 1. The maximum atomic E-state index is 12.3. The third-order valence-corrected chi connectivity index (χ3v) is 5.29. The number of aryl methyl sites for hydroxylation is 1. The van der Waals surface area contributed by atoms with Gasteiger partial charge < -0.3 is 10.6 Å². The van der Waals surface area contributed by atoms with Crippen LogP contribution in [-0.4, -0.2) is 23.0 Å². The molecule has 3 atom stereocenters. The van der Waals surface area contributed by atoms with Crippen LogP contribution < -0.4 is 10.6 Å². The molecule has 4 nitrogen and oxygen atoms in total. The van der Waals surface area contributed by atoms with Crippen molar-refractivity contribution in [3.63, 3.8) is 0 Å². The average molecular weight is 338 g/mol. The summed E-state index contributed by atoms with van der Waals surface area (Å²) in [6.07, 6.45) is 7.75. The van der Waals surface area contributed by atoms with Gasteiger partial charge >= 0.3 is 0 Å². The lowest BCUT2D eigenvalue weighted by atomic mass is 9.85. The number of amides is 1. The van der Waals surface area contributed by atoms with E-state index in [4.69, 9.17) is 0 Å². The van der Waals surface area contributed by atoms with Crippen LogP contribution in [0.2, 0.25) is 0 Å². The number of pyridine rings is 1. The number of rotatable bonds is 2. The number of carbonyl (C=O) groups is 1. The number of nitrogens with zero attached hydrogens (tertiary/aromatic N) is 1. The molecule has 1 aliphatic carbocycles. The number of hydrogen-bond acceptors (Lipinski definition) is 3. The van der Waals surface area contributed by atoms with Crippen LogP contribution in [0.4, 0.5) is 5.69 Å². The Labute approximate surface area is 127 Å². The number of anilines is 1. The Morgan fingerprint density at radius 2 is 2.25 bits per heavy atom. The van der Waals surface area contributed by atoms with Gasteiger partial charge in [0, 0.05) is 6.04 Å². The van der Waals surface area contributed by atoms with Crippen LogP contribution in [0, 0.1) is 12.8 Å². The van der Waals surface area contributed by atoms with Crippen LogP contribution in [0.15, 0.2) is 16.9 Å². The van der Waals surface area contributed by atoms with E-state index in [0.717, 1.165) is 22.3 Å². The molecule has 1 aromatic heterocycles. The zero-order valence-corrected chi connectivity index (χ0v) is 13.2. The Morgan fingerprint density at radius 3 is 3.00 bits per heavy atom. The Hall–Kier alpha value is -0.940. The molecular weight excluding hydrogens is 318 g/mol. The quantitative estimate of drug-likeness (QED) is 0.815. The highest BCUT2D eigenvalue weighted by Gasteiger charge is 2.38. The summed E-state index contributed by atoms with van der Waals surface area (Å²) in [5, 5.41) is 6.47. The molecule has 1 aliphatic heterocycles. The third kappa shape index (κ3) is 2.88. The van der Waals surface area contributed by atoms with Gasteiger partial charge in [-0.2, -0.15) is 0 Å². The molecule has 1 amide bonds. The van der Waals surface area contributed by atoms with Crippen molar-refractivity contribution >= 4 is 27.5 Å². The molecular formula is C15H20BrN3O. The van der Waals surface area contributed by atoms with Crippen molar-refractivity contribution in [2.24, 2.45) is 5.92 Å². The molecule has 0 bridgehead atoms. The lowest BCUT2D eigenvalue weighted by Gasteiger charge is -2.24. The van der Waals surface area contributed by atoms with Crippen molar-refractivity contribution in [1.82, 2.24) is 10.3 Å². The van der Waals surface area contributed by atoms with Crippen LogP contribution in [0.1, 0.15) is 37.7 Å². The zero-order valence-electron chi connectivity index (χ0n) is 11.7. The maximum Gasteiger partial charge on any atom is 0.241 e. The second-order valence-electron chi connectivity index (χ2n) is 5.93. The molecule has 0 spiro atoms. The molecule has 3 unspecified atom stereocenters. The highest BCUT2D eigenvalue weighted by Crippen LogP contribution is 2.33. The first-order chi connectivity index (χ1) is 9.63. The predicted molar refractivity (Wildman–Crippen MR) is 82.6 cm³/mol. The Bertz CT molecular complexity index is 506. The molecule has 1 saturated heterocycles. The van der Waals surface area contributed by atoms with Crippen molar-refractivity contribution in [2.75, 3.05) is 5.32 Å². The smallest absolute Gasteiger partial charge is 0.241 e. The van der Waals surface area contributed by atoms with Gasteiger partial charge in [0.1, 0.15) is 4.60 Å². The molecule has 1 saturated carbocycles. The number of hydrogen-bond donors (Lipinski definition) is 2. The summed E-state index contributed by atoms with van der Waals surface area (Å²) in [5.74, 6) is 0.757. The number of halogens is 1. The van der Waals surface area contributed by atoms with E-state index in [-0.39, 0.29) is 11.9 Å². The fourth-order valence-electron chi connectivity index (χ4n) is 3.38. The van der Waals surface area contributed by atoms with Gasteiger partial charge in [0.15, 0.2) is 0 Å². The van der Waals surface area contributed by atoms with Crippen molar-refractivity contribution < 1.29 is 4.79 Å². The number of fused-ring (bicyclic) bond motifs is 1. The van der Waals surface area contributed by atoms with Crippen molar-refractivity contribution in [3.8, 4) is 0 Å². The van der Waals surface area contributed by atoms with Gasteiger partial charge in [0.25, 0.3) is 0 Å².